The topological polar surface area (TPSA) is 50.3 Å². The molecule has 5 heteroatoms. The summed E-state index contributed by atoms with van der Waals surface area (Å²) in [5.74, 6) is 1.62. The summed E-state index contributed by atoms with van der Waals surface area (Å²) in [4.78, 5) is 10.6. The van der Waals surface area contributed by atoms with Crippen LogP contribution in [0.2, 0.25) is 0 Å². The highest BCUT2D eigenvalue weighted by Crippen LogP contribution is 2.16. The molecule has 2 heterocycles. The molecule has 16 heavy (non-hydrogen) atoms. The third-order valence-corrected chi connectivity index (χ3v) is 2.58. The highest BCUT2D eigenvalue weighted by atomic mass is 16.5. The monoisotopic (exact) mass is 222 g/mol. The lowest BCUT2D eigenvalue weighted by molar-refractivity contribution is 0.326. The molecule has 0 aromatic carbocycles. The minimum absolute atomic E-state index is 0.637. The third kappa shape index (κ3) is 2.82. The molecule has 2 rings (SSSR count). The summed E-state index contributed by atoms with van der Waals surface area (Å²) in [7, 11) is 0. The van der Waals surface area contributed by atoms with Crippen molar-refractivity contribution in [2.75, 3.05) is 37.7 Å². The van der Waals surface area contributed by atoms with Crippen molar-refractivity contribution >= 4 is 5.82 Å². The zero-order valence-corrected chi connectivity index (χ0v) is 9.65. The minimum Gasteiger partial charge on any atom is -0.478 e. The van der Waals surface area contributed by atoms with Gasteiger partial charge in [0.05, 0.1) is 6.61 Å². The lowest BCUT2D eigenvalue weighted by Crippen LogP contribution is -2.28. The van der Waals surface area contributed by atoms with E-state index in [-0.39, 0.29) is 0 Å². The molecule has 1 aliphatic heterocycles. The quantitative estimate of drug-likeness (QED) is 0.815. The maximum atomic E-state index is 5.38. The number of hydrogen-bond donors (Lipinski definition) is 1. The van der Waals surface area contributed by atoms with Gasteiger partial charge in [-0.1, -0.05) is 0 Å². The maximum Gasteiger partial charge on any atom is 0.218 e. The van der Waals surface area contributed by atoms with Gasteiger partial charge in [0.1, 0.15) is 12.1 Å². The first-order valence-electron chi connectivity index (χ1n) is 5.80. The SMILES string of the molecule is CCOc1cc(N2CCCNCC2)ncn1. The van der Waals surface area contributed by atoms with Crippen LogP contribution >= 0.6 is 0 Å². The second-order valence-electron chi connectivity index (χ2n) is 3.74. The van der Waals surface area contributed by atoms with E-state index in [0.29, 0.717) is 12.5 Å². The second-order valence-corrected chi connectivity index (χ2v) is 3.74. The van der Waals surface area contributed by atoms with E-state index in [9.17, 15) is 0 Å². The Morgan fingerprint density at radius 2 is 2.31 bits per heavy atom. The zero-order chi connectivity index (χ0) is 11.2. The van der Waals surface area contributed by atoms with E-state index in [0.717, 1.165) is 38.4 Å². The fraction of sp³-hybridized carbons (Fsp3) is 0.636. The van der Waals surface area contributed by atoms with Gasteiger partial charge in [0.15, 0.2) is 0 Å². The second kappa shape index (κ2) is 5.65. The van der Waals surface area contributed by atoms with Gasteiger partial charge in [-0.2, -0.15) is 0 Å². The van der Waals surface area contributed by atoms with E-state index in [1.54, 1.807) is 6.33 Å². The molecular weight excluding hydrogens is 204 g/mol. The molecule has 0 amide bonds. The number of nitrogens with zero attached hydrogens (tertiary/aromatic N) is 3. The van der Waals surface area contributed by atoms with Crippen LogP contribution in [-0.4, -0.2) is 42.8 Å². The van der Waals surface area contributed by atoms with Gasteiger partial charge in [0.2, 0.25) is 5.88 Å². The Balaban J connectivity index is 2.08. The van der Waals surface area contributed by atoms with Gasteiger partial charge in [0, 0.05) is 25.7 Å². The van der Waals surface area contributed by atoms with E-state index in [1.165, 1.54) is 0 Å². The van der Waals surface area contributed by atoms with Crippen molar-refractivity contribution < 1.29 is 4.74 Å². The van der Waals surface area contributed by atoms with Crippen molar-refractivity contribution in [1.29, 1.82) is 0 Å². The van der Waals surface area contributed by atoms with Crippen molar-refractivity contribution in [2.24, 2.45) is 0 Å². The number of hydrogen-bond acceptors (Lipinski definition) is 5. The molecule has 0 spiro atoms. The number of anilines is 1. The molecule has 0 atom stereocenters. The summed E-state index contributed by atoms with van der Waals surface area (Å²) in [6.07, 6.45) is 2.71. The Bertz CT molecular complexity index is 324. The zero-order valence-electron chi connectivity index (χ0n) is 9.65. The molecule has 1 aromatic rings. The Morgan fingerprint density at radius 1 is 1.38 bits per heavy atom. The number of aromatic nitrogens is 2. The molecule has 0 radical (unpaired) electrons. The summed E-state index contributed by atoms with van der Waals surface area (Å²) >= 11 is 0. The summed E-state index contributed by atoms with van der Waals surface area (Å²) in [6, 6.07) is 1.91. The average molecular weight is 222 g/mol. The van der Waals surface area contributed by atoms with Crippen LogP contribution in [0.4, 0.5) is 5.82 Å². The predicted octanol–water partition coefficient (Wildman–Crippen LogP) is 0.675. The summed E-state index contributed by atoms with van der Waals surface area (Å²) in [5.41, 5.74) is 0. The van der Waals surface area contributed by atoms with Gasteiger partial charge >= 0.3 is 0 Å². The number of rotatable bonds is 3. The minimum atomic E-state index is 0.637. The van der Waals surface area contributed by atoms with Crippen LogP contribution in [0.1, 0.15) is 13.3 Å². The highest BCUT2D eigenvalue weighted by Gasteiger charge is 2.11. The van der Waals surface area contributed by atoms with Crippen LogP contribution < -0.4 is 15.0 Å². The lowest BCUT2D eigenvalue weighted by atomic mass is 10.4. The molecule has 1 fully saturated rings. The van der Waals surface area contributed by atoms with Gasteiger partial charge in [-0.3, -0.25) is 0 Å². The maximum absolute atomic E-state index is 5.38. The lowest BCUT2D eigenvalue weighted by Gasteiger charge is -2.20. The molecular formula is C11H18N4O. The largest absolute Gasteiger partial charge is 0.478 e. The van der Waals surface area contributed by atoms with Gasteiger partial charge in [-0.15, -0.1) is 0 Å². The summed E-state index contributed by atoms with van der Waals surface area (Å²) in [5, 5.41) is 3.37. The Hall–Kier alpha value is -1.36. The number of ether oxygens (including phenoxy) is 1. The highest BCUT2D eigenvalue weighted by molar-refractivity contribution is 5.40. The third-order valence-electron chi connectivity index (χ3n) is 2.58. The normalized spacial score (nSPS) is 16.9. The van der Waals surface area contributed by atoms with Crippen molar-refractivity contribution in [2.45, 2.75) is 13.3 Å². The first-order chi connectivity index (χ1) is 7.90. The van der Waals surface area contributed by atoms with E-state index in [1.807, 2.05) is 13.0 Å². The molecule has 0 aliphatic carbocycles. The van der Waals surface area contributed by atoms with Gasteiger partial charge < -0.3 is 15.0 Å². The predicted molar refractivity (Wildman–Crippen MR) is 62.9 cm³/mol. The summed E-state index contributed by atoms with van der Waals surface area (Å²) < 4.78 is 5.38. The van der Waals surface area contributed by atoms with Gasteiger partial charge in [0.25, 0.3) is 0 Å². The fourth-order valence-electron chi connectivity index (χ4n) is 1.80. The molecule has 1 N–H and O–H groups in total. The van der Waals surface area contributed by atoms with E-state index in [2.05, 4.69) is 20.2 Å². The number of nitrogens with one attached hydrogen (secondary N) is 1. The van der Waals surface area contributed by atoms with E-state index >= 15 is 0 Å². The smallest absolute Gasteiger partial charge is 0.218 e. The van der Waals surface area contributed by atoms with Crippen LogP contribution in [0.25, 0.3) is 0 Å². The first-order valence-corrected chi connectivity index (χ1v) is 5.80. The van der Waals surface area contributed by atoms with Crippen molar-refractivity contribution in [3.8, 4) is 5.88 Å². The van der Waals surface area contributed by atoms with Crippen molar-refractivity contribution in [3.63, 3.8) is 0 Å². The molecule has 0 bridgehead atoms. The average Bonchev–Trinajstić information content (AvgIpc) is 2.58. The molecule has 1 aliphatic rings. The van der Waals surface area contributed by atoms with Crippen LogP contribution in [-0.2, 0) is 0 Å². The molecule has 0 unspecified atom stereocenters. The van der Waals surface area contributed by atoms with Crippen molar-refractivity contribution in [3.05, 3.63) is 12.4 Å². The van der Waals surface area contributed by atoms with E-state index in [4.69, 9.17) is 4.74 Å². The Kier molecular flexibility index (Phi) is 3.93. The van der Waals surface area contributed by atoms with Crippen LogP contribution in [0.15, 0.2) is 12.4 Å². The molecule has 0 saturated carbocycles. The van der Waals surface area contributed by atoms with Gasteiger partial charge in [-0.25, -0.2) is 9.97 Å². The molecule has 1 saturated heterocycles. The Labute approximate surface area is 95.8 Å². The van der Waals surface area contributed by atoms with Crippen molar-refractivity contribution in [1.82, 2.24) is 15.3 Å². The standard InChI is InChI=1S/C11H18N4O/c1-2-16-11-8-10(13-9-14-11)15-6-3-4-12-5-7-15/h8-9,12H,2-7H2,1H3. The summed E-state index contributed by atoms with van der Waals surface area (Å²) in [6.45, 7) is 6.71. The molecule has 1 aromatic heterocycles. The van der Waals surface area contributed by atoms with Gasteiger partial charge in [-0.05, 0) is 19.9 Å². The van der Waals surface area contributed by atoms with Crippen LogP contribution in [0.3, 0.4) is 0 Å². The fourth-order valence-corrected chi connectivity index (χ4v) is 1.80. The van der Waals surface area contributed by atoms with E-state index < -0.39 is 0 Å². The van der Waals surface area contributed by atoms with Crippen LogP contribution in [0, 0.1) is 0 Å². The Morgan fingerprint density at radius 3 is 3.19 bits per heavy atom. The van der Waals surface area contributed by atoms with Crippen LogP contribution in [0.5, 0.6) is 5.88 Å². The first kappa shape index (κ1) is 11.1. The molecule has 5 nitrogen and oxygen atoms in total. The molecule has 88 valence electrons.